The number of hydrogen-bond acceptors (Lipinski definition) is 6. The van der Waals surface area contributed by atoms with Gasteiger partial charge in [-0.3, -0.25) is 4.79 Å². The van der Waals surface area contributed by atoms with Crippen LogP contribution in [0, 0.1) is 0 Å². The summed E-state index contributed by atoms with van der Waals surface area (Å²) in [5.41, 5.74) is 2.93. The molecule has 1 amide bonds. The standard InChI is InChI=1S/C25H28N2O4S2/c1-3-12-27(19-11-13-33(29,30)17-19)25(28)16-32-24-15-22(18-7-5-4-6-8-18)21-10-9-20(31-2)14-23(21)26-24/h4-10,14-15,19H,3,11-13,16-17H2,1-2H3/t19-/m0/s1. The van der Waals surface area contributed by atoms with Gasteiger partial charge >= 0.3 is 0 Å². The van der Waals surface area contributed by atoms with E-state index in [1.165, 1.54) is 11.8 Å². The largest absolute Gasteiger partial charge is 0.497 e. The monoisotopic (exact) mass is 484 g/mol. The molecule has 174 valence electrons. The second-order valence-corrected chi connectivity index (χ2v) is 11.4. The van der Waals surface area contributed by atoms with Crippen molar-refractivity contribution < 1.29 is 17.9 Å². The minimum absolute atomic E-state index is 0.0437. The van der Waals surface area contributed by atoms with Gasteiger partial charge < -0.3 is 9.64 Å². The maximum Gasteiger partial charge on any atom is 0.233 e. The molecule has 1 fully saturated rings. The highest BCUT2D eigenvalue weighted by molar-refractivity contribution is 7.99. The second-order valence-electron chi connectivity index (χ2n) is 8.19. The number of sulfone groups is 1. The Hall–Kier alpha value is -2.58. The fourth-order valence-corrected chi connectivity index (χ4v) is 6.76. The predicted molar refractivity (Wildman–Crippen MR) is 134 cm³/mol. The molecule has 33 heavy (non-hydrogen) atoms. The van der Waals surface area contributed by atoms with Crippen LogP contribution < -0.4 is 4.74 Å². The summed E-state index contributed by atoms with van der Waals surface area (Å²) in [7, 11) is -1.42. The van der Waals surface area contributed by atoms with E-state index in [0.29, 0.717) is 13.0 Å². The maximum absolute atomic E-state index is 13.1. The van der Waals surface area contributed by atoms with Gasteiger partial charge in [0.1, 0.15) is 5.75 Å². The smallest absolute Gasteiger partial charge is 0.233 e. The molecule has 2 heterocycles. The van der Waals surface area contributed by atoms with E-state index in [2.05, 4.69) is 12.1 Å². The molecule has 2 aromatic carbocycles. The van der Waals surface area contributed by atoms with Crippen molar-refractivity contribution in [2.45, 2.75) is 30.8 Å². The quantitative estimate of drug-likeness (QED) is 0.440. The lowest BCUT2D eigenvalue weighted by atomic mass is 10.0. The Kier molecular flexibility index (Phi) is 7.24. The van der Waals surface area contributed by atoms with Gasteiger partial charge in [-0.1, -0.05) is 49.0 Å². The van der Waals surface area contributed by atoms with Crippen LogP contribution in [0.4, 0.5) is 0 Å². The van der Waals surface area contributed by atoms with Gasteiger partial charge in [0.25, 0.3) is 0 Å². The molecule has 0 spiro atoms. The number of methoxy groups -OCH3 is 1. The van der Waals surface area contributed by atoms with Crippen molar-refractivity contribution in [2.24, 2.45) is 0 Å². The summed E-state index contributed by atoms with van der Waals surface area (Å²) in [6, 6.07) is 17.7. The van der Waals surface area contributed by atoms with Crippen molar-refractivity contribution in [3.05, 3.63) is 54.6 Å². The molecule has 0 aliphatic carbocycles. The molecule has 1 aliphatic heterocycles. The number of rotatable bonds is 8. The third-order valence-corrected chi connectivity index (χ3v) is 8.50. The van der Waals surface area contributed by atoms with Gasteiger partial charge in [-0.2, -0.15) is 0 Å². The highest BCUT2D eigenvalue weighted by Gasteiger charge is 2.34. The van der Waals surface area contributed by atoms with E-state index in [-0.39, 0.29) is 29.2 Å². The van der Waals surface area contributed by atoms with Crippen molar-refractivity contribution in [2.75, 3.05) is 30.9 Å². The molecular weight excluding hydrogens is 456 g/mol. The molecule has 0 radical (unpaired) electrons. The number of fused-ring (bicyclic) bond motifs is 1. The van der Waals surface area contributed by atoms with E-state index >= 15 is 0 Å². The fourth-order valence-electron chi connectivity index (χ4n) is 4.23. The molecular formula is C25H28N2O4S2. The van der Waals surface area contributed by atoms with Crippen molar-refractivity contribution in [3.8, 4) is 16.9 Å². The summed E-state index contributed by atoms with van der Waals surface area (Å²) < 4.78 is 29.3. The number of amides is 1. The molecule has 6 nitrogen and oxygen atoms in total. The first kappa shape index (κ1) is 23.6. The zero-order valence-electron chi connectivity index (χ0n) is 18.9. The third kappa shape index (κ3) is 5.50. The van der Waals surface area contributed by atoms with Crippen LogP contribution in [0.1, 0.15) is 19.8 Å². The van der Waals surface area contributed by atoms with Gasteiger partial charge in [0.15, 0.2) is 9.84 Å². The summed E-state index contributed by atoms with van der Waals surface area (Å²) in [5.74, 6) is 1.12. The van der Waals surface area contributed by atoms with E-state index in [1.54, 1.807) is 12.0 Å². The minimum Gasteiger partial charge on any atom is -0.497 e. The second kappa shape index (κ2) is 10.1. The number of aromatic nitrogens is 1. The number of carbonyl (C=O) groups excluding carboxylic acids is 1. The molecule has 8 heteroatoms. The number of ether oxygens (including phenoxy) is 1. The van der Waals surface area contributed by atoms with E-state index in [1.807, 2.05) is 49.4 Å². The van der Waals surface area contributed by atoms with Crippen LogP contribution in [0.5, 0.6) is 5.75 Å². The molecule has 0 unspecified atom stereocenters. The Morgan fingerprint density at radius 2 is 1.97 bits per heavy atom. The van der Waals surface area contributed by atoms with Crippen LogP contribution in [-0.4, -0.2) is 61.2 Å². The number of pyridine rings is 1. The van der Waals surface area contributed by atoms with Gasteiger partial charge in [0.05, 0.1) is 34.9 Å². The Balaban J connectivity index is 1.60. The molecule has 1 atom stereocenters. The molecule has 0 saturated carbocycles. The molecule has 3 aromatic rings. The first-order valence-corrected chi connectivity index (χ1v) is 13.9. The molecule has 4 rings (SSSR count). The van der Waals surface area contributed by atoms with Crippen molar-refractivity contribution in [1.82, 2.24) is 9.88 Å². The van der Waals surface area contributed by atoms with Crippen LogP contribution in [0.3, 0.4) is 0 Å². The first-order chi connectivity index (χ1) is 15.9. The minimum atomic E-state index is -3.05. The maximum atomic E-state index is 13.1. The third-order valence-electron chi connectivity index (χ3n) is 5.86. The summed E-state index contributed by atoms with van der Waals surface area (Å²) in [6.07, 6.45) is 1.31. The fraction of sp³-hybridized carbons (Fsp3) is 0.360. The molecule has 1 aromatic heterocycles. The van der Waals surface area contributed by atoms with E-state index < -0.39 is 9.84 Å². The molecule has 1 saturated heterocycles. The summed E-state index contributed by atoms with van der Waals surface area (Å²) in [5, 5.41) is 1.76. The average molecular weight is 485 g/mol. The van der Waals surface area contributed by atoms with Gasteiger partial charge in [-0.15, -0.1) is 0 Å². The number of nitrogens with zero attached hydrogens (tertiary/aromatic N) is 2. The lowest BCUT2D eigenvalue weighted by Gasteiger charge is -2.27. The summed E-state index contributed by atoms with van der Waals surface area (Å²) in [4.78, 5) is 19.6. The topological polar surface area (TPSA) is 76.6 Å². The predicted octanol–water partition coefficient (Wildman–Crippen LogP) is 4.43. The Labute approximate surface area is 199 Å². The zero-order chi connectivity index (χ0) is 23.4. The van der Waals surface area contributed by atoms with Crippen LogP contribution >= 0.6 is 11.8 Å². The van der Waals surface area contributed by atoms with Crippen LogP contribution in [0.15, 0.2) is 59.6 Å². The number of benzene rings is 2. The highest BCUT2D eigenvalue weighted by atomic mass is 32.2. The Morgan fingerprint density at radius 1 is 1.18 bits per heavy atom. The van der Waals surface area contributed by atoms with Crippen molar-refractivity contribution in [3.63, 3.8) is 0 Å². The molecule has 1 aliphatic rings. The van der Waals surface area contributed by atoms with Crippen LogP contribution in [0.25, 0.3) is 22.0 Å². The van der Waals surface area contributed by atoms with Gasteiger partial charge in [-0.05, 0) is 42.2 Å². The molecule has 0 bridgehead atoms. The van der Waals surface area contributed by atoms with Crippen molar-refractivity contribution in [1.29, 1.82) is 0 Å². The average Bonchev–Trinajstić information content (AvgIpc) is 3.19. The van der Waals surface area contributed by atoms with Crippen molar-refractivity contribution >= 4 is 38.4 Å². The first-order valence-electron chi connectivity index (χ1n) is 11.1. The Bertz CT molecular complexity index is 1250. The Morgan fingerprint density at radius 3 is 2.64 bits per heavy atom. The van der Waals surface area contributed by atoms with Crippen LogP contribution in [0.2, 0.25) is 0 Å². The lowest BCUT2D eigenvalue weighted by Crippen LogP contribution is -2.42. The highest BCUT2D eigenvalue weighted by Crippen LogP contribution is 2.33. The van der Waals surface area contributed by atoms with Gasteiger partial charge in [0, 0.05) is 24.0 Å². The number of thioether (sulfide) groups is 1. The van der Waals surface area contributed by atoms with E-state index in [9.17, 15) is 13.2 Å². The summed E-state index contributed by atoms with van der Waals surface area (Å²) >= 11 is 1.39. The number of carbonyl (C=O) groups is 1. The van der Waals surface area contributed by atoms with Gasteiger partial charge in [-0.25, -0.2) is 13.4 Å². The number of hydrogen-bond donors (Lipinski definition) is 0. The van der Waals surface area contributed by atoms with Gasteiger partial charge in [0.2, 0.25) is 5.91 Å². The normalized spacial score (nSPS) is 17.2. The lowest BCUT2D eigenvalue weighted by molar-refractivity contribution is -0.130. The van der Waals surface area contributed by atoms with E-state index in [4.69, 9.17) is 9.72 Å². The molecule has 0 N–H and O–H groups in total. The SMILES string of the molecule is CCCN(C(=O)CSc1cc(-c2ccccc2)c2ccc(OC)cc2n1)[C@H]1CCS(=O)(=O)C1. The van der Waals surface area contributed by atoms with Crippen LogP contribution in [-0.2, 0) is 14.6 Å². The zero-order valence-corrected chi connectivity index (χ0v) is 20.5. The summed E-state index contributed by atoms with van der Waals surface area (Å²) in [6.45, 7) is 2.57. The van der Waals surface area contributed by atoms with E-state index in [0.717, 1.165) is 39.2 Å².